The Morgan fingerprint density at radius 1 is 1.38 bits per heavy atom. The molecule has 16 heavy (non-hydrogen) atoms. The molecule has 0 aliphatic heterocycles. The van der Waals surface area contributed by atoms with Crippen molar-refractivity contribution in [2.24, 2.45) is 11.3 Å². The molecule has 0 aromatic carbocycles. The third kappa shape index (κ3) is 2.93. The molecule has 1 amide bonds. The number of hydrogen-bond donors (Lipinski definition) is 1. The molecule has 0 radical (unpaired) electrons. The number of amides is 1. The number of carbonyl (C=O) groups is 1. The summed E-state index contributed by atoms with van der Waals surface area (Å²) in [6.45, 7) is 0.938. The lowest BCUT2D eigenvalue weighted by Crippen LogP contribution is -2.27. The first kappa shape index (κ1) is 12.3. The molecule has 2 rings (SSSR count). The molecule has 0 bridgehead atoms. The van der Waals surface area contributed by atoms with Gasteiger partial charge >= 0.3 is 0 Å². The first-order chi connectivity index (χ1) is 7.77. The van der Waals surface area contributed by atoms with Gasteiger partial charge in [0.1, 0.15) is 0 Å². The third-order valence-electron chi connectivity index (χ3n) is 4.29. The minimum absolute atomic E-state index is 0.243. The molecular formula is C13H23NOS. The first-order valence-corrected chi connectivity index (χ1v) is 7.92. The number of carbonyl (C=O) groups excluding carboxylic acids is 1. The zero-order valence-electron chi connectivity index (χ0n) is 10.3. The molecule has 2 aliphatic carbocycles. The van der Waals surface area contributed by atoms with E-state index in [4.69, 9.17) is 0 Å². The maximum absolute atomic E-state index is 11.5. The molecule has 2 aliphatic rings. The Morgan fingerprint density at radius 3 is 2.81 bits per heavy atom. The summed E-state index contributed by atoms with van der Waals surface area (Å²) in [5.41, 5.74) is 0.658. The number of hydrogen-bond acceptors (Lipinski definition) is 2. The molecular weight excluding hydrogens is 218 g/mol. The van der Waals surface area contributed by atoms with Crippen molar-refractivity contribution in [3.05, 3.63) is 0 Å². The second kappa shape index (κ2) is 5.44. The van der Waals surface area contributed by atoms with E-state index in [0.29, 0.717) is 11.8 Å². The molecule has 2 nitrogen and oxygen atoms in total. The Morgan fingerprint density at radius 2 is 2.12 bits per heavy atom. The van der Waals surface area contributed by atoms with Crippen LogP contribution >= 0.6 is 11.8 Å². The molecule has 0 unspecified atom stereocenters. The van der Waals surface area contributed by atoms with Crippen molar-refractivity contribution >= 4 is 17.7 Å². The van der Waals surface area contributed by atoms with E-state index >= 15 is 0 Å². The fraction of sp³-hybridized carbons (Fsp3) is 0.923. The topological polar surface area (TPSA) is 29.1 Å². The first-order valence-electron chi connectivity index (χ1n) is 6.52. The molecule has 2 fully saturated rings. The number of rotatable bonds is 5. The van der Waals surface area contributed by atoms with Crippen molar-refractivity contribution in [2.75, 3.05) is 18.6 Å². The molecule has 0 saturated heterocycles. The quantitative estimate of drug-likeness (QED) is 0.802. The van der Waals surface area contributed by atoms with Gasteiger partial charge in [-0.05, 0) is 36.9 Å². The molecule has 92 valence electrons. The zero-order valence-corrected chi connectivity index (χ0v) is 11.1. The van der Waals surface area contributed by atoms with Gasteiger partial charge in [0, 0.05) is 18.7 Å². The van der Waals surface area contributed by atoms with Gasteiger partial charge in [0.15, 0.2) is 0 Å². The summed E-state index contributed by atoms with van der Waals surface area (Å²) in [6.07, 6.45) is 11.2. The predicted octanol–water partition coefficient (Wildman–Crippen LogP) is 2.83. The normalized spacial score (nSPS) is 26.7. The molecule has 0 heterocycles. The highest BCUT2D eigenvalue weighted by Gasteiger charge is 2.53. The Bertz CT molecular complexity index is 248. The summed E-state index contributed by atoms with van der Waals surface area (Å²) < 4.78 is 0. The van der Waals surface area contributed by atoms with Crippen LogP contribution in [0.5, 0.6) is 0 Å². The maximum atomic E-state index is 11.5. The average Bonchev–Trinajstić information content (AvgIpc) is 2.97. The highest BCUT2D eigenvalue weighted by molar-refractivity contribution is 7.98. The maximum Gasteiger partial charge on any atom is 0.220 e. The van der Waals surface area contributed by atoms with Gasteiger partial charge in [-0.25, -0.2) is 0 Å². The van der Waals surface area contributed by atoms with Crippen LogP contribution in [0, 0.1) is 11.3 Å². The molecule has 1 spiro atoms. The summed E-state index contributed by atoms with van der Waals surface area (Å²) in [6, 6.07) is 0. The number of nitrogens with one attached hydrogen (secondary N) is 1. The Balaban J connectivity index is 1.63. The van der Waals surface area contributed by atoms with Crippen molar-refractivity contribution in [1.82, 2.24) is 5.32 Å². The van der Waals surface area contributed by atoms with E-state index in [9.17, 15) is 4.79 Å². The standard InChI is InChI=1S/C13H23NOS/c1-16-8-5-12(15)14-10-11-9-13(11)6-3-2-4-7-13/h11H,2-10H2,1H3,(H,14,15)/t11-/m0/s1. The molecule has 0 aromatic heterocycles. The Kier molecular flexibility index (Phi) is 4.17. The summed E-state index contributed by atoms with van der Waals surface area (Å²) >= 11 is 1.74. The monoisotopic (exact) mass is 241 g/mol. The molecule has 0 aromatic rings. The second-order valence-corrected chi connectivity index (χ2v) is 6.36. The average molecular weight is 241 g/mol. The van der Waals surface area contributed by atoms with E-state index < -0.39 is 0 Å². The second-order valence-electron chi connectivity index (χ2n) is 5.37. The Labute approximate surface area is 103 Å². The lowest BCUT2D eigenvalue weighted by Gasteiger charge is -2.22. The lowest BCUT2D eigenvalue weighted by atomic mass is 9.84. The third-order valence-corrected chi connectivity index (χ3v) is 4.90. The molecule has 1 N–H and O–H groups in total. The molecule has 1 atom stereocenters. The smallest absolute Gasteiger partial charge is 0.220 e. The van der Waals surface area contributed by atoms with Crippen molar-refractivity contribution in [3.8, 4) is 0 Å². The van der Waals surface area contributed by atoms with Crippen molar-refractivity contribution < 1.29 is 4.79 Å². The van der Waals surface area contributed by atoms with E-state index in [0.717, 1.165) is 18.2 Å². The SMILES string of the molecule is CSCCC(=O)NC[C@@H]1CC12CCCCC2. The fourth-order valence-corrected chi connectivity index (χ4v) is 3.50. The van der Waals surface area contributed by atoms with Gasteiger partial charge in [-0.3, -0.25) is 4.79 Å². The van der Waals surface area contributed by atoms with Gasteiger partial charge in [0.2, 0.25) is 5.91 Å². The van der Waals surface area contributed by atoms with Gasteiger partial charge in [-0.15, -0.1) is 0 Å². The predicted molar refractivity (Wildman–Crippen MR) is 69.6 cm³/mol. The number of thioether (sulfide) groups is 1. The van der Waals surface area contributed by atoms with Crippen LogP contribution in [0.15, 0.2) is 0 Å². The summed E-state index contributed by atoms with van der Waals surface area (Å²) in [5, 5.41) is 3.10. The van der Waals surface area contributed by atoms with Gasteiger partial charge in [-0.1, -0.05) is 19.3 Å². The van der Waals surface area contributed by atoms with E-state index in [1.165, 1.54) is 38.5 Å². The van der Waals surface area contributed by atoms with Crippen molar-refractivity contribution in [2.45, 2.75) is 44.9 Å². The van der Waals surface area contributed by atoms with E-state index in [1.54, 1.807) is 11.8 Å². The van der Waals surface area contributed by atoms with Crippen LogP contribution in [-0.4, -0.2) is 24.5 Å². The van der Waals surface area contributed by atoms with Crippen molar-refractivity contribution in [3.63, 3.8) is 0 Å². The van der Waals surface area contributed by atoms with Crippen LogP contribution in [0.1, 0.15) is 44.9 Å². The largest absolute Gasteiger partial charge is 0.356 e. The molecule has 3 heteroatoms. The van der Waals surface area contributed by atoms with Gasteiger partial charge in [0.25, 0.3) is 0 Å². The summed E-state index contributed by atoms with van der Waals surface area (Å²) in [4.78, 5) is 11.5. The van der Waals surface area contributed by atoms with Crippen LogP contribution < -0.4 is 5.32 Å². The summed E-state index contributed by atoms with van der Waals surface area (Å²) in [5.74, 6) is 1.99. The van der Waals surface area contributed by atoms with Crippen LogP contribution in [0.2, 0.25) is 0 Å². The van der Waals surface area contributed by atoms with Crippen LogP contribution in [-0.2, 0) is 4.79 Å². The van der Waals surface area contributed by atoms with E-state index in [2.05, 4.69) is 5.32 Å². The van der Waals surface area contributed by atoms with Crippen LogP contribution in [0.4, 0.5) is 0 Å². The molecule has 2 saturated carbocycles. The van der Waals surface area contributed by atoms with Gasteiger partial charge in [-0.2, -0.15) is 11.8 Å². The van der Waals surface area contributed by atoms with E-state index in [1.807, 2.05) is 6.26 Å². The van der Waals surface area contributed by atoms with Gasteiger partial charge in [0.05, 0.1) is 0 Å². The van der Waals surface area contributed by atoms with Gasteiger partial charge < -0.3 is 5.32 Å². The van der Waals surface area contributed by atoms with E-state index in [-0.39, 0.29) is 5.91 Å². The fourth-order valence-electron chi connectivity index (χ4n) is 3.11. The summed E-state index contributed by atoms with van der Waals surface area (Å²) in [7, 11) is 0. The highest BCUT2D eigenvalue weighted by atomic mass is 32.2. The minimum atomic E-state index is 0.243. The Hall–Kier alpha value is -0.180. The van der Waals surface area contributed by atoms with Crippen LogP contribution in [0.25, 0.3) is 0 Å². The minimum Gasteiger partial charge on any atom is -0.356 e. The van der Waals surface area contributed by atoms with Crippen LogP contribution in [0.3, 0.4) is 0 Å². The van der Waals surface area contributed by atoms with Crippen molar-refractivity contribution in [1.29, 1.82) is 0 Å². The lowest BCUT2D eigenvalue weighted by molar-refractivity contribution is -0.120. The zero-order chi connectivity index (χ0) is 11.4. The highest BCUT2D eigenvalue weighted by Crippen LogP contribution is 2.60.